The largest absolute Gasteiger partial charge is 0.438 e. The minimum absolute atomic E-state index is 0.147. The molecule has 2 aromatic rings. The molecule has 2 heterocycles. The van der Waals surface area contributed by atoms with Gasteiger partial charge >= 0.3 is 0 Å². The lowest BCUT2D eigenvalue weighted by Gasteiger charge is -2.33. The van der Waals surface area contributed by atoms with Gasteiger partial charge in [0.25, 0.3) is 5.91 Å². The Morgan fingerprint density at radius 3 is 2.68 bits per heavy atom. The van der Waals surface area contributed by atoms with E-state index in [0.29, 0.717) is 25.1 Å². The maximum atomic E-state index is 12.9. The van der Waals surface area contributed by atoms with Crippen LogP contribution in [0.4, 0.5) is 0 Å². The molecule has 134 valence electrons. The number of rotatable bonds is 4. The number of aromatic nitrogens is 1. The van der Waals surface area contributed by atoms with Crippen LogP contribution in [-0.4, -0.2) is 60.9 Å². The topological polar surface area (TPSA) is 83.7 Å². The molecule has 25 heavy (non-hydrogen) atoms. The molecule has 0 spiro atoms. The Morgan fingerprint density at radius 1 is 1.28 bits per heavy atom. The lowest BCUT2D eigenvalue weighted by atomic mass is 10.1. The molecular weight excluding hydrogens is 342 g/mol. The number of likely N-dealkylation sites (tertiary alicyclic amines) is 1. The predicted octanol–water partition coefficient (Wildman–Crippen LogP) is 1.84. The molecule has 1 unspecified atom stereocenters. The molecule has 3 rings (SSSR count). The number of carbonyl (C=O) groups is 1. The fraction of sp³-hybridized carbons (Fsp3) is 0.412. The van der Waals surface area contributed by atoms with Crippen LogP contribution in [0.25, 0.3) is 11.3 Å². The van der Waals surface area contributed by atoms with Gasteiger partial charge in [-0.25, -0.2) is 17.7 Å². The molecule has 0 saturated carbocycles. The normalized spacial score (nSPS) is 18.5. The van der Waals surface area contributed by atoms with Gasteiger partial charge in [0.2, 0.25) is 15.8 Å². The predicted molar refractivity (Wildman–Crippen MR) is 93.5 cm³/mol. The third-order valence-corrected chi connectivity index (χ3v) is 6.65. The average Bonchev–Trinajstić information content (AvgIpc) is 3.11. The van der Waals surface area contributed by atoms with Crippen molar-refractivity contribution in [1.82, 2.24) is 14.2 Å². The van der Waals surface area contributed by atoms with E-state index in [1.54, 1.807) is 4.90 Å². The molecule has 1 aromatic carbocycles. The molecule has 1 aliphatic heterocycles. The van der Waals surface area contributed by atoms with Crippen LogP contribution in [0.3, 0.4) is 0 Å². The van der Waals surface area contributed by atoms with Gasteiger partial charge < -0.3 is 9.32 Å². The van der Waals surface area contributed by atoms with E-state index in [2.05, 4.69) is 4.98 Å². The van der Waals surface area contributed by atoms with E-state index in [1.807, 2.05) is 30.3 Å². The Morgan fingerprint density at radius 2 is 2.00 bits per heavy atom. The van der Waals surface area contributed by atoms with Crippen molar-refractivity contribution in [3.8, 4) is 11.3 Å². The van der Waals surface area contributed by atoms with Gasteiger partial charge in [-0.15, -0.1) is 0 Å². The van der Waals surface area contributed by atoms with Crippen molar-refractivity contribution in [1.29, 1.82) is 0 Å². The van der Waals surface area contributed by atoms with Crippen molar-refractivity contribution < 1.29 is 17.6 Å². The molecule has 1 aromatic heterocycles. The summed E-state index contributed by atoms with van der Waals surface area (Å²) < 4.78 is 31.3. The number of piperidine rings is 1. The molecule has 0 radical (unpaired) electrons. The molecule has 0 aliphatic carbocycles. The summed E-state index contributed by atoms with van der Waals surface area (Å²) in [7, 11) is -0.376. The van der Waals surface area contributed by atoms with Gasteiger partial charge in [0.1, 0.15) is 5.69 Å². The Kier molecular flexibility index (Phi) is 4.91. The van der Waals surface area contributed by atoms with E-state index in [1.165, 1.54) is 24.8 Å². The number of hydrogen-bond acceptors (Lipinski definition) is 5. The van der Waals surface area contributed by atoms with Crippen LogP contribution < -0.4 is 0 Å². The fourth-order valence-corrected chi connectivity index (χ4v) is 4.44. The van der Waals surface area contributed by atoms with Crippen molar-refractivity contribution in [2.24, 2.45) is 0 Å². The maximum Gasteiger partial charge on any atom is 0.291 e. The highest BCUT2D eigenvalue weighted by Crippen LogP contribution is 2.26. The molecule has 0 bridgehead atoms. The summed E-state index contributed by atoms with van der Waals surface area (Å²) in [4.78, 5) is 18.6. The first-order chi connectivity index (χ1) is 11.9. The monoisotopic (exact) mass is 363 g/mol. The summed E-state index contributed by atoms with van der Waals surface area (Å²) in [5, 5.41) is -0.594. The van der Waals surface area contributed by atoms with Gasteiger partial charge in [0, 0.05) is 32.7 Å². The second-order valence-electron chi connectivity index (χ2n) is 6.24. The Hall–Kier alpha value is -2.19. The number of carbonyl (C=O) groups excluding carboxylic acids is 1. The maximum absolute atomic E-state index is 12.9. The molecule has 1 amide bonds. The molecule has 7 nitrogen and oxygen atoms in total. The number of oxazole rings is 1. The smallest absolute Gasteiger partial charge is 0.291 e. The van der Waals surface area contributed by atoms with E-state index in [0.717, 1.165) is 5.56 Å². The zero-order valence-corrected chi connectivity index (χ0v) is 15.1. The summed E-state index contributed by atoms with van der Waals surface area (Å²) in [6, 6.07) is 9.30. The van der Waals surface area contributed by atoms with Gasteiger partial charge in [0.15, 0.2) is 6.39 Å². The fourth-order valence-electron chi connectivity index (χ4n) is 3.01. The van der Waals surface area contributed by atoms with Crippen molar-refractivity contribution in [2.45, 2.75) is 18.1 Å². The lowest BCUT2D eigenvalue weighted by molar-refractivity contribution is 0.0695. The van der Waals surface area contributed by atoms with Gasteiger partial charge in [-0.05, 0) is 12.8 Å². The first-order valence-electron chi connectivity index (χ1n) is 8.11. The second kappa shape index (κ2) is 6.97. The first kappa shape index (κ1) is 17.6. The number of benzene rings is 1. The van der Waals surface area contributed by atoms with Gasteiger partial charge in [0.05, 0.1) is 5.25 Å². The Bertz CT molecular complexity index is 846. The number of nitrogens with zero attached hydrogens (tertiary/aromatic N) is 3. The summed E-state index contributed by atoms with van der Waals surface area (Å²) in [6.07, 6.45) is 2.43. The van der Waals surface area contributed by atoms with E-state index >= 15 is 0 Å². The van der Waals surface area contributed by atoms with Crippen LogP contribution in [0.5, 0.6) is 0 Å². The minimum atomic E-state index is -3.40. The SMILES string of the molecule is CN(C)S(=O)(=O)C1CCCN(C(=O)c2ocnc2-c2ccccc2)C1. The lowest BCUT2D eigenvalue weighted by Crippen LogP contribution is -2.48. The van der Waals surface area contributed by atoms with Gasteiger partial charge in [-0.2, -0.15) is 0 Å². The van der Waals surface area contributed by atoms with Crippen LogP contribution in [0.1, 0.15) is 23.4 Å². The molecule has 8 heteroatoms. The van der Waals surface area contributed by atoms with Crippen molar-refractivity contribution >= 4 is 15.9 Å². The summed E-state index contributed by atoms with van der Waals surface area (Å²) in [5.41, 5.74) is 1.26. The molecule has 0 N–H and O–H groups in total. The Labute approximate surface area is 147 Å². The highest BCUT2D eigenvalue weighted by Gasteiger charge is 2.35. The average molecular weight is 363 g/mol. The standard InChI is InChI=1S/C17H21N3O4S/c1-19(2)25(22,23)14-9-6-10-20(11-14)17(21)16-15(18-12-24-16)13-7-4-3-5-8-13/h3-5,7-8,12,14H,6,9-11H2,1-2H3. The highest BCUT2D eigenvalue weighted by atomic mass is 32.2. The quantitative estimate of drug-likeness (QED) is 0.828. The van der Waals surface area contributed by atoms with Crippen LogP contribution in [0.2, 0.25) is 0 Å². The number of sulfonamides is 1. The van der Waals surface area contributed by atoms with Crippen LogP contribution in [0.15, 0.2) is 41.1 Å². The molecule has 1 aliphatic rings. The molecule has 1 fully saturated rings. The number of hydrogen-bond donors (Lipinski definition) is 0. The van der Waals surface area contributed by atoms with E-state index in [9.17, 15) is 13.2 Å². The van der Waals surface area contributed by atoms with Crippen molar-refractivity contribution in [3.05, 3.63) is 42.5 Å². The van der Waals surface area contributed by atoms with Gasteiger partial charge in [-0.1, -0.05) is 30.3 Å². The zero-order valence-electron chi connectivity index (χ0n) is 14.3. The van der Waals surface area contributed by atoms with E-state index < -0.39 is 15.3 Å². The zero-order chi connectivity index (χ0) is 18.0. The third-order valence-electron chi connectivity index (χ3n) is 4.40. The minimum Gasteiger partial charge on any atom is -0.438 e. The van der Waals surface area contributed by atoms with Crippen molar-refractivity contribution in [3.63, 3.8) is 0 Å². The second-order valence-corrected chi connectivity index (χ2v) is 8.67. The van der Waals surface area contributed by atoms with Crippen LogP contribution in [-0.2, 0) is 10.0 Å². The molecule has 1 saturated heterocycles. The van der Waals surface area contributed by atoms with E-state index in [4.69, 9.17) is 4.42 Å². The highest BCUT2D eigenvalue weighted by molar-refractivity contribution is 7.89. The summed E-state index contributed by atoms with van der Waals surface area (Å²) >= 11 is 0. The van der Waals surface area contributed by atoms with Crippen LogP contribution >= 0.6 is 0 Å². The third kappa shape index (κ3) is 3.45. The Balaban J connectivity index is 1.84. The van der Waals surface area contributed by atoms with Crippen LogP contribution in [0, 0.1) is 0 Å². The van der Waals surface area contributed by atoms with Gasteiger partial charge in [-0.3, -0.25) is 4.79 Å². The first-order valence-corrected chi connectivity index (χ1v) is 9.61. The molecule has 1 atom stereocenters. The number of amides is 1. The summed E-state index contributed by atoms with van der Waals surface area (Å²) in [5.74, 6) is -0.177. The van der Waals surface area contributed by atoms with E-state index in [-0.39, 0.29) is 18.2 Å². The van der Waals surface area contributed by atoms with Crippen molar-refractivity contribution in [2.75, 3.05) is 27.2 Å². The summed E-state index contributed by atoms with van der Waals surface area (Å²) in [6.45, 7) is 0.668. The molecular formula is C17H21N3O4S.